The minimum atomic E-state index is 0.298. The SMILES string of the molecule is CSc1ccccc1N1CC(C(C)(C)C)NCC1C. The van der Waals surface area contributed by atoms with E-state index in [1.807, 2.05) is 11.8 Å². The summed E-state index contributed by atoms with van der Waals surface area (Å²) in [6.07, 6.45) is 2.16. The van der Waals surface area contributed by atoms with Crippen molar-refractivity contribution in [1.82, 2.24) is 5.32 Å². The molecule has 2 unspecified atom stereocenters. The van der Waals surface area contributed by atoms with Crippen molar-refractivity contribution in [3.8, 4) is 0 Å². The molecule has 3 heteroatoms. The molecule has 0 aromatic heterocycles. The molecule has 1 fully saturated rings. The summed E-state index contributed by atoms with van der Waals surface area (Å²) in [5.41, 5.74) is 1.69. The van der Waals surface area contributed by atoms with Crippen LogP contribution in [-0.4, -0.2) is 31.4 Å². The maximum atomic E-state index is 3.70. The van der Waals surface area contributed by atoms with Crippen molar-refractivity contribution in [3.63, 3.8) is 0 Å². The van der Waals surface area contributed by atoms with E-state index in [0.717, 1.165) is 13.1 Å². The Balaban J connectivity index is 2.26. The van der Waals surface area contributed by atoms with E-state index in [0.29, 0.717) is 17.5 Å². The number of rotatable bonds is 2. The molecule has 0 radical (unpaired) electrons. The lowest BCUT2D eigenvalue weighted by atomic mass is 9.84. The number of nitrogens with zero attached hydrogens (tertiary/aromatic N) is 1. The molecule has 1 saturated heterocycles. The van der Waals surface area contributed by atoms with Crippen LogP contribution in [-0.2, 0) is 0 Å². The van der Waals surface area contributed by atoms with Crippen molar-refractivity contribution in [1.29, 1.82) is 0 Å². The largest absolute Gasteiger partial charge is 0.365 e. The average Bonchev–Trinajstić information content (AvgIpc) is 2.38. The van der Waals surface area contributed by atoms with Crippen LogP contribution in [0.15, 0.2) is 29.2 Å². The van der Waals surface area contributed by atoms with Gasteiger partial charge in [-0.15, -0.1) is 11.8 Å². The van der Waals surface area contributed by atoms with Crippen LogP contribution in [0, 0.1) is 5.41 Å². The van der Waals surface area contributed by atoms with Crippen LogP contribution in [0.4, 0.5) is 5.69 Å². The molecule has 0 bridgehead atoms. The van der Waals surface area contributed by atoms with E-state index in [2.05, 4.69) is 68.4 Å². The van der Waals surface area contributed by atoms with Crippen LogP contribution < -0.4 is 10.2 Å². The highest BCUT2D eigenvalue weighted by atomic mass is 32.2. The highest BCUT2D eigenvalue weighted by molar-refractivity contribution is 7.98. The van der Waals surface area contributed by atoms with E-state index in [-0.39, 0.29) is 0 Å². The maximum absolute atomic E-state index is 3.70. The fourth-order valence-corrected chi connectivity index (χ4v) is 3.26. The second kappa shape index (κ2) is 5.76. The van der Waals surface area contributed by atoms with E-state index in [1.165, 1.54) is 10.6 Å². The van der Waals surface area contributed by atoms with Gasteiger partial charge in [0.2, 0.25) is 0 Å². The van der Waals surface area contributed by atoms with Gasteiger partial charge in [0.15, 0.2) is 0 Å². The molecule has 19 heavy (non-hydrogen) atoms. The second-order valence-electron chi connectivity index (χ2n) is 6.50. The molecule has 2 rings (SSSR count). The minimum absolute atomic E-state index is 0.298. The topological polar surface area (TPSA) is 15.3 Å². The quantitative estimate of drug-likeness (QED) is 0.832. The molecular weight excluding hydrogens is 252 g/mol. The Labute approximate surface area is 122 Å². The molecule has 2 atom stereocenters. The van der Waals surface area contributed by atoms with E-state index >= 15 is 0 Å². The Morgan fingerprint density at radius 1 is 1.26 bits per heavy atom. The lowest BCUT2D eigenvalue weighted by molar-refractivity contribution is 0.238. The Kier molecular flexibility index (Phi) is 4.46. The smallest absolute Gasteiger partial charge is 0.0507 e. The Bertz CT molecular complexity index is 425. The van der Waals surface area contributed by atoms with Gasteiger partial charge in [-0.05, 0) is 30.7 Å². The van der Waals surface area contributed by atoms with Crippen LogP contribution in [0.25, 0.3) is 0 Å². The van der Waals surface area contributed by atoms with E-state index in [9.17, 15) is 0 Å². The van der Waals surface area contributed by atoms with Gasteiger partial charge in [0, 0.05) is 30.1 Å². The lowest BCUT2D eigenvalue weighted by Gasteiger charge is -2.45. The van der Waals surface area contributed by atoms with Crippen LogP contribution in [0.1, 0.15) is 27.7 Å². The van der Waals surface area contributed by atoms with Gasteiger partial charge < -0.3 is 10.2 Å². The fourth-order valence-electron chi connectivity index (χ4n) is 2.65. The standard InChI is InChI=1S/C16H26N2S/c1-12-10-17-15(16(2,3)4)11-18(12)13-8-6-7-9-14(13)19-5/h6-9,12,15,17H,10-11H2,1-5H3. The summed E-state index contributed by atoms with van der Waals surface area (Å²) < 4.78 is 0. The van der Waals surface area contributed by atoms with E-state index in [1.54, 1.807) is 0 Å². The van der Waals surface area contributed by atoms with E-state index < -0.39 is 0 Å². The van der Waals surface area contributed by atoms with Gasteiger partial charge in [-0.1, -0.05) is 32.9 Å². The van der Waals surface area contributed by atoms with Crippen molar-refractivity contribution in [2.45, 2.75) is 44.7 Å². The maximum Gasteiger partial charge on any atom is 0.0507 e. The first kappa shape index (κ1) is 14.7. The fraction of sp³-hybridized carbons (Fsp3) is 0.625. The predicted molar refractivity (Wildman–Crippen MR) is 86.3 cm³/mol. The number of benzene rings is 1. The van der Waals surface area contributed by atoms with E-state index in [4.69, 9.17) is 0 Å². The van der Waals surface area contributed by atoms with Crippen LogP contribution in [0.5, 0.6) is 0 Å². The third-order valence-corrected chi connectivity index (χ3v) is 4.80. The van der Waals surface area contributed by atoms with Crippen LogP contribution in [0.3, 0.4) is 0 Å². The molecule has 106 valence electrons. The number of anilines is 1. The summed E-state index contributed by atoms with van der Waals surface area (Å²) >= 11 is 1.84. The summed E-state index contributed by atoms with van der Waals surface area (Å²) in [6.45, 7) is 11.4. The third-order valence-electron chi connectivity index (χ3n) is 4.01. The molecule has 1 aliphatic rings. The normalized spacial score (nSPS) is 24.6. The molecule has 1 aromatic carbocycles. The monoisotopic (exact) mass is 278 g/mol. The number of thioether (sulfide) groups is 1. The lowest BCUT2D eigenvalue weighted by Crippen LogP contribution is -2.59. The van der Waals surface area contributed by atoms with Crippen molar-refractivity contribution < 1.29 is 0 Å². The first-order valence-corrected chi connectivity index (χ1v) is 8.29. The minimum Gasteiger partial charge on any atom is -0.365 e. The zero-order valence-electron chi connectivity index (χ0n) is 12.7. The summed E-state index contributed by atoms with van der Waals surface area (Å²) in [5.74, 6) is 0. The molecule has 0 aliphatic carbocycles. The molecular formula is C16H26N2S. The highest BCUT2D eigenvalue weighted by Crippen LogP contribution is 2.33. The van der Waals surface area contributed by atoms with Crippen molar-refractivity contribution >= 4 is 17.4 Å². The Morgan fingerprint density at radius 3 is 2.58 bits per heavy atom. The van der Waals surface area contributed by atoms with Crippen molar-refractivity contribution in [2.24, 2.45) is 5.41 Å². The van der Waals surface area contributed by atoms with Crippen LogP contribution >= 0.6 is 11.8 Å². The molecule has 1 N–H and O–H groups in total. The second-order valence-corrected chi connectivity index (χ2v) is 7.35. The zero-order valence-corrected chi connectivity index (χ0v) is 13.6. The first-order valence-electron chi connectivity index (χ1n) is 7.06. The van der Waals surface area contributed by atoms with Gasteiger partial charge in [-0.3, -0.25) is 0 Å². The van der Waals surface area contributed by atoms with Gasteiger partial charge in [0.05, 0.1) is 5.69 Å². The Morgan fingerprint density at radius 2 is 1.95 bits per heavy atom. The molecule has 1 aromatic rings. The zero-order chi connectivity index (χ0) is 14.0. The molecule has 0 amide bonds. The van der Waals surface area contributed by atoms with Gasteiger partial charge in [-0.2, -0.15) is 0 Å². The summed E-state index contributed by atoms with van der Waals surface area (Å²) in [4.78, 5) is 3.95. The molecule has 0 spiro atoms. The molecule has 0 saturated carbocycles. The van der Waals surface area contributed by atoms with Crippen molar-refractivity contribution in [2.75, 3.05) is 24.2 Å². The number of hydrogen-bond donors (Lipinski definition) is 1. The number of nitrogens with one attached hydrogen (secondary N) is 1. The summed E-state index contributed by atoms with van der Waals surface area (Å²) in [5, 5.41) is 3.70. The summed E-state index contributed by atoms with van der Waals surface area (Å²) in [7, 11) is 0. The number of para-hydroxylation sites is 1. The van der Waals surface area contributed by atoms with Gasteiger partial charge in [0.1, 0.15) is 0 Å². The molecule has 1 aliphatic heterocycles. The third kappa shape index (κ3) is 3.26. The molecule has 1 heterocycles. The average molecular weight is 278 g/mol. The number of hydrogen-bond acceptors (Lipinski definition) is 3. The first-order chi connectivity index (χ1) is 8.93. The highest BCUT2D eigenvalue weighted by Gasteiger charge is 2.33. The molecule has 2 nitrogen and oxygen atoms in total. The van der Waals surface area contributed by atoms with Gasteiger partial charge >= 0.3 is 0 Å². The van der Waals surface area contributed by atoms with Gasteiger partial charge in [-0.25, -0.2) is 0 Å². The summed E-state index contributed by atoms with van der Waals surface area (Å²) in [6, 6.07) is 9.85. The van der Waals surface area contributed by atoms with Gasteiger partial charge in [0.25, 0.3) is 0 Å². The van der Waals surface area contributed by atoms with Crippen molar-refractivity contribution in [3.05, 3.63) is 24.3 Å². The predicted octanol–water partition coefficient (Wildman–Crippen LogP) is 3.62. The van der Waals surface area contributed by atoms with Crippen LogP contribution in [0.2, 0.25) is 0 Å². The number of piperazine rings is 1. The Hall–Kier alpha value is -0.670.